The Bertz CT molecular complexity index is 789. The van der Waals surface area contributed by atoms with Crippen LogP contribution in [0, 0.1) is 0 Å². The number of benzene rings is 1. The van der Waals surface area contributed by atoms with Crippen LogP contribution in [0.1, 0.15) is 23.2 Å². The molecular formula is C17H15N3O2S. The lowest BCUT2D eigenvalue weighted by Gasteiger charge is -2.21. The highest BCUT2D eigenvalue weighted by Crippen LogP contribution is 2.39. The van der Waals surface area contributed by atoms with Crippen molar-refractivity contribution in [3.8, 4) is 0 Å². The lowest BCUT2D eigenvalue weighted by atomic mass is 10.2. The van der Waals surface area contributed by atoms with Crippen LogP contribution in [0.4, 0.5) is 5.69 Å². The van der Waals surface area contributed by atoms with E-state index in [9.17, 15) is 9.59 Å². The van der Waals surface area contributed by atoms with Gasteiger partial charge in [0, 0.05) is 17.1 Å². The van der Waals surface area contributed by atoms with Crippen LogP contribution in [0.3, 0.4) is 0 Å². The maximum Gasteiger partial charge on any atom is 0.259 e. The van der Waals surface area contributed by atoms with E-state index in [0.29, 0.717) is 11.3 Å². The topological polar surface area (TPSA) is 62.3 Å². The third-order valence-corrected chi connectivity index (χ3v) is 4.94. The second-order valence-electron chi connectivity index (χ2n) is 5.66. The van der Waals surface area contributed by atoms with Gasteiger partial charge in [-0.05, 0) is 37.1 Å². The van der Waals surface area contributed by atoms with Gasteiger partial charge in [0.15, 0.2) is 0 Å². The van der Waals surface area contributed by atoms with Gasteiger partial charge in [-0.25, -0.2) is 4.98 Å². The first kappa shape index (κ1) is 14.3. The second-order valence-corrected chi connectivity index (χ2v) is 6.69. The monoisotopic (exact) mass is 325 g/mol. The van der Waals surface area contributed by atoms with Crippen molar-refractivity contribution in [3.63, 3.8) is 0 Å². The summed E-state index contributed by atoms with van der Waals surface area (Å²) >= 11 is 1.46. The van der Waals surface area contributed by atoms with Crippen LogP contribution in [0.25, 0.3) is 0 Å². The van der Waals surface area contributed by atoms with Gasteiger partial charge in [0.2, 0.25) is 5.91 Å². The molecule has 0 unspecified atom stereocenters. The fraction of sp³-hybridized carbons (Fsp3) is 0.235. The van der Waals surface area contributed by atoms with Crippen LogP contribution in [0.5, 0.6) is 0 Å². The van der Waals surface area contributed by atoms with E-state index in [1.165, 1.54) is 16.7 Å². The maximum atomic E-state index is 12.9. The zero-order valence-corrected chi connectivity index (χ0v) is 13.2. The van der Waals surface area contributed by atoms with E-state index in [1.807, 2.05) is 24.3 Å². The van der Waals surface area contributed by atoms with E-state index in [0.717, 1.165) is 22.8 Å². The van der Waals surface area contributed by atoms with E-state index >= 15 is 0 Å². The summed E-state index contributed by atoms with van der Waals surface area (Å²) in [5.74, 6) is -0.286. The molecule has 1 aliphatic carbocycles. The fourth-order valence-corrected chi connectivity index (χ4v) is 3.58. The normalized spacial score (nSPS) is 16.3. The van der Waals surface area contributed by atoms with Crippen molar-refractivity contribution < 1.29 is 9.59 Å². The predicted octanol–water partition coefficient (Wildman–Crippen LogP) is 2.47. The van der Waals surface area contributed by atoms with Crippen molar-refractivity contribution in [1.29, 1.82) is 0 Å². The van der Waals surface area contributed by atoms with Crippen molar-refractivity contribution in [3.05, 3.63) is 48.2 Å². The number of anilines is 1. The Kier molecular flexibility index (Phi) is 3.53. The summed E-state index contributed by atoms with van der Waals surface area (Å²) < 4.78 is 0. The number of hydrogen-bond donors (Lipinski definition) is 1. The largest absolute Gasteiger partial charge is 0.352 e. The molecule has 2 heterocycles. The molecule has 0 spiro atoms. The summed E-state index contributed by atoms with van der Waals surface area (Å²) in [4.78, 5) is 31.9. The average Bonchev–Trinajstić information content (AvgIpc) is 3.37. The van der Waals surface area contributed by atoms with Gasteiger partial charge in [0.1, 0.15) is 11.6 Å². The molecule has 1 saturated carbocycles. The predicted molar refractivity (Wildman–Crippen MR) is 87.6 cm³/mol. The summed E-state index contributed by atoms with van der Waals surface area (Å²) in [7, 11) is 0. The Morgan fingerprint density at radius 3 is 2.91 bits per heavy atom. The molecule has 23 heavy (non-hydrogen) atoms. The van der Waals surface area contributed by atoms with Gasteiger partial charge in [0.25, 0.3) is 5.91 Å². The third kappa shape index (κ3) is 2.82. The minimum absolute atomic E-state index is 0.0168. The molecule has 1 N–H and O–H groups in total. The number of nitrogens with zero attached hydrogens (tertiary/aromatic N) is 2. The molecule has 2 aliphatic rings. The number of fused-ring (bicyclic) bond motifs is 2. The van der Waals surface area contributed by atoms with Crippen molar-refractivity contribution >= 4 is 29.3 Å². The van der Waals surface area contributed by atoms with Crippen LogP contribution in [-0.2, 0) is 4.79 Å². The number of amides is 2. The van der Waals surface area contributed by atoms with E-state index in [1.54, 1.807) is 18.3 Å². The number of pyridine rings is 1. The maximum absolute atomic E-state index is 12.9. The summed E-state index contributed by atoms with van der Waals surface area (Å²) in [5.41, 5.74) is 1.29. The number of carbonyl (C=O) groups is 2. The standard InChI is InChI=1S/C17H15N3O2S/c21-15(19-11-7-8-11)10-20-13-5-3-9-18-16(13)23-14-6-2-1-4-12(14)17(20)22/h1-6,9,11H,7-8,10H2,(H,19,21). The molecule has 6 heteroatoms. The van der Waals surface area contributed by atoms with E-state index < -0.39 is 0 Å². The van der Waals surface area contributed by atoms with Gasteiger partial charge >= 0.3 is 0 Å². The molecule has 2 aromatic rings. The molecule has 0 bridgehead atoms. The lowest BCUT2D eigenvalue weighted by molar-refractivity contribution is -0.119. The fourth-order valence-electron chi connectivity index (χ4n) is 2.56. The molecule has 0 saturated heterocycles. The quantitative estimate of drug-likeness (QED) is 0.942. The average molecular weight is 325 g/mol. The molecule has 1 aliphatic heterocycles. The van der Waals surface area contributed by atoms with Crippen LogP contribution in [-0.4, -0.2) is 29.4 Å². The zero-order chi connectivity index (χ0) is 15.8. The summed E-state index contributed by atoms with van der Waals surface area (Å²) in [6, 6.07) is 11.3. The van der Waals surface area contributed by atoms with Crippen LogP contribution < -0.4 is 10.2 Å². The minimum atomic E-state index is -0.161. The molecule has 1 aromatic heterocycles. The first-order valence-corrected chi connectivity index (χ1v) is 8.37. The summed E-state index contributed by atoms with van der Waals surface area (Å²) in [6.45, 7) is 0.0168. The molecule has 1 fully saturated rings. The van der Waals surface area contributed by atoms with Crippen molar-refractivity contribution in [1.82, 2.24) is 10.3 Å². The summed E-state index contributed by atoms with van der Waals surface area (Å²) in [5, 5.41) is 3.68. The Labute approximate surface area is 138 Å². The molecule has 5 nitrogen and oxygen atoms in total. The van der Waals surface area contributed by atoms with E-state index in [4.69, 9.17) is 0 Å². The Morgan fingerprint density at radius 1 is 1.26 bits per heavy atom. The van der Waals surface area contributed by atoms with Gasteiger partial charge in [-0.2, -0.15) is 0 Å². The minimum Gasteiger partial charge on any atom is -0.352 e. The second kappa shape index (κ2) is 5.70. The molecule has 4 rings (SSSR count). The lowest BCUT2D eigenvalue weighted by Crippen LogP contribution is -2.41. The number of carbonyl (C=O) groups excluding carboxylic acids is 2. The zero-order valence-electron chi connectivity index (χ0n) is 12.4. The highest BCUT2D eigenvalue weighted by molar-refractivity contribution is 7.99. The van der Waals surface area contributed by atoms with Crippen LogP contribution >= 0.6 is 11.8 Å². The van der Waals surface area contributed by atoms with Gasteiger partial charge in [-0.3, -0.25) is 14.5 Å². The van der Waals surface area contributed by atoms with Crippen molar-refractivity contribution in [2.45, 2.75) is 28.8 Å². The number of hydrogen-bond acceptors (Lipinski definition) is 4. The van der Waals surface area contributed by atoms with Gasteiger partial charge < -0.3 is 5.32 Å². The van der Waals surface area contributed by atoms with Crippen molar-refractivity contribution in [2.75, 3.05) is 11.4 Å². The molecule has 0 radical (unpaired) electrons. The molecular weight excluding hydrogens is 310 g/mol. The number of rotatable bonds is 3. The van der Waals surface area contributed by atoms with Crippen molar-refractivity contribution in [2.24, 2.45) is 0 Å². The Hall–Kier alpha value is -2.34. The SMILES string of the molecule is O=C(CN1C(=O)c2ccccc2Sc2ncccc21)NC1CC1. The third-order valence-electron chi connectivity index (χ3n) is 3.86. The molecule has 2 amide bonds. The molecule has 116 valence electrons. The van der Waals surface area contributed by atoms with Gasteiger partial charge in [0.05, 0.1) is 11.3 Å². The Morgan fingerprint density at radius 2 is 2.09 bits per heavy atom. The first-order chi connectivity index (χ1) is 11.2. The highest BCUT2D eigenvalue weighted by atomic mass is 32.2. The highest BCUT2D eigenvalue weighted by Gasteiger charge is 2.30. The van der Waals surface area contributed by atoms with Crippen LogP contribution in [0.2, 0.25) is 0 Å². The first-order valence-electron chi connectivity index (χ1n) is 7.55. The number of aromatic nitrogens is 1. The van der Waals surface area contributed by atoms with E-state index in [2.05, 4.69) is 10.3 Å². The van der Waals surface area contributed by atoms with Gasteiger partial charge in [-0.1, -0.05) is 23.9 Å². The molecule has 1 aromatic carbocycles. The van der Waals surface area contributed by atoms with E-state index in [-0.39, 0.29) is 24.4 Å². The summed E-state index contributed by atoms with van der Waals surface area (Å²) in [6.07, 6.45) is 3.75. The van der Waals surface area contributed by atoms with Gasteiger partial charge in [-0.15, -0.1) is 0 Å². The number of nitrogens with one attached hydrogen (secondary N) is 1. The Balaban J connectivity index is 1.73. The smallest absolute Gasteiger partial charge is 0.259 e. The molecule has 0 atom stereocenters. The van der Waals surface area contributed by atoms with Crippen LogP contribution in [0.15, 0.2) is 52.5 Å².